The Kier molecular flexibility index (Phi) is 4.49. The SMILES string of the molecule is CC(c1ccc(OC2CCCC2)c(Cl)c1)N(C)O. The maximum atomic E-state index is 9.42. The molecule has 0 amide bonds. The van der Waals surface area contributed by atoms with E-state index in [0.717, 1.165) is 24.2 Å². The highest BCUT2D eigenvalue weighted by Crippen LogP contribution is 2.32. The van der Waals surface area contributed by atoms with Gasteiger partial charge in [0.05, 0.1) is 17.2 Å². The van der Waals surface area contributed by atoms with Gasteiger partial charge < -0.3 is 9.94 Å². The summed E-state index contributed by atoms with van der Waals surface area (Å²) >= 11 is 6.23. The zero-order chi connectivity index (χ0) is 13.1. The number of ether oxygens (including phenoxy) is 1. The third kappa shape index (κ3) is 3.16. The van der Waals surface area contributed by atoms with Crippen molar-refractivity contribution in [1.29, 1.82) is 0 Å². The van der Waals surface area contributed by atoms with Crippen LogP contribution in [-0.2, 0) is 0 Å². The van der Waals surface area contributed by atoms with Gasteiger partial charge in [0.25, 0.3) is 0 Å². The van der Waals surface area contributed by atoms with E-state index in [9.17, 15) is 5.21 Å². The van der Waals surface area contributed by atoms with E-state index in [4.69, 9.17) is 16.3 Å². The van der Waals surface area contributed by atoms with Crippen molar-refractivity contribution >= 4 is 11.6 Å². The number of nitrogens with zero attached hydrogens (tertiary/aromatic N) is 1. The van der Waals surface area contributed by atoms with Crippen LogP contribution in [0.4, 0.5) is 0 Å². The second-order valence-electron chi connectivity index (χ2n) is 4.96. The number of hydrogen-bond donors (Lipinski definition) is 1. The molecule has 1 aromatic carbocycles. The summed E-state index contributed by atoms with van der Waals surface area (Å²) in [6.07, 6.45) is 5.03. The van der Waals surface area contributed by atoms with Crippen molar-refractivity contribution in [2.75, 3.05) is 7.05 Å². The molecule has 3 nitrogen and oxygen atoms in total. The molecule has 0 spiro atoms. The molecule has 1 N–H and O–H groups in total. The maximum Gasteiger partial charge on any atom is 0.138 e. The van der Waals surface area contributed by atoms with Crippen LogP contribution >= 0.6 is 11.6 Å². The summed E-state index contributed by atoms with van der Waals surface area (Å²) in [5.74, 6) is 0.750. The molecule has 1 saturated carbocycles. The minimum atomic E-state index is -0.0805. The van der Waals surface area contributed by atoms with Crippen LogP contribution in [0.25, 0.3) is 0 Å². The van der Waals surface area contributed by atoms with Crippen LogP contribution in [-0.4, -0.2) is 23.4 Å². The number of rotatable bonds is 4. The Hall–Kier alpha value is -0.770. The van der Waals surface area contributed by atoms with Gasteiger partial charge in [0, 0.05) is 7.05 Å². The second kappa shape index (κ2) is 5.91. The van der Waals surface area contributed by atoms with Gasteiger partial charge in [-0.25, -0.2) is 0 Å². The Morgan fingerprint density at radius 1 is 1.39 bits per heavy atom. The Bertz CT molecular complexity index is 403. The molecule has 1 fully saturated rings. The number of hydrogen-bond acceptors (Lipinski definition) is 3. The summed E-state index contributed by atoms with van der Waals surface area (Å²) in [5.41, 5.74) is 0.976. The molecule has 0 bridgehead atoms. The lowest BCUT2D eigenvalue weighted by Gasteiger charge is -2.20. The molecule has 1 aromatic rings. The van der Waals surface area contributed by atoms with Gasteiger partial charge in [0.2, 0.25) is 0 Å². The molecule has 1 atom stereocenters. The highest BCUT2D eigenvalue weighted by Gasteiger charge is 2.18. The first-order valence-electron chi connectivity index (χ1n) is 6.45. The van der Waals surface area contributed by atoms with Crippen molar-refractivity contribution in [3.63, 3.8) is 0 Å². The van der Waals surface area contributed by atoms with E-state index in [0.29, 0.717) is 11.1 Å². The van der Waals surface area contributed by atoms with Crippen LogP contribution in [0.5, 0.6) is 5.75 Å². The monoisotopic (exact) mass is 269 g/mol. The number of hydroxylamine groups is 2. The zero-order valence-corrected chi connectivity index (χ0v) is 11.7. The fraction of sp³-hybridized carbons (Fsp3) is 0.571. The smallest absolute Gasteiger partial charge is 0.138 e. The minimum absolute atomic E-state index is 0.0805. The van der Waals surface area contributed by atoms with Gasteiger partial charge in [0.1, 0.15) is 5.75 Å². The molecule has 0 aromatic heterocycles. The predicted molar refractivity (Wildman–Crippen MR) is 72.3 cm³/mol. The molecule has 2 rings (SSSR count). The average molecular weight is 270 g/mol. The predicted octanol–water partition coefficient (Wildman–Crippen LogP) is 4.04. The first-order valence-corrected chi connectivity index (χ1v) is 6.83. The lowest BCUT2D eigenvalue weighted by Crippen LogP contribution is -2.17. The van der Waals surface area contributed by atoms with Crippen LogP contribution < -0.4 is 4.74 Å². The van der Waals surface area contributed by atoms with Crippen molar-refractivity contribution in [1.82, 2.24) is 5.06 Å². The van der Waals surface area contributed by atoms with E-state index in [2.05, 4.69) is 0 Å². The van der Waals surface area contributed by atoms with Crippen molar-refractivity contribution < 1.29 is 9.94 Å². The normalized spacial score (nSPS) is 18.3. The van der Waals surface area contributed by atoms with Gasteiger partial charge >= 0.3 is 0 Å². The summed E-state index contributed by atoms with van der Waals surface area (Å²) in [6, 6.07) is 5.63. The summed E-state index contributed by atoms with van der Waals surface area (Å²) in [4.78, 5) is 0. The summed E-state index contributed by atoms with van der Waals surface area (Å²) < 4.78 is 5.89. The summed E-state index contributed by atoms with van der Waals surface area (Å²) in [5, 5.41) is 11.2. The molecule has 100 valence electrons. The lowest BCUT2D eigenvalue weighted by atomic mass is 10.1. The van der Waals surface area contributed by atoms with E-state index in [1.165, 1.54) is 17.9 Å². The lowest BCUT2D eigenvalue weighted by molar-refractivity contribution is -0.0984. The van der Waals surface area contributed by atoms with E-state index in [1.54, 1.807) is 7.05 Å². The molecule has 18 heavy (non-hydrogen) atoms. The molecule has 1 aliphatic rings. The van der Waals surface area contributed by atoms with Crippen LogP contribution in [0.15, 0.2) is 18.2 Å². The Balaban J connectivity index is 2.09. The van der Waals surface area contributed by atoms with Gasteiger partial charge in [-0.15, -0.1) is 0 Å². The van der Waals surface area contributed by atoms with Crippen LogP contribution in [0.1, 0.15) is 44.2 Å². The van der Waals surface area contributed by atoms with Gasteiger partial charge in [0.15, 0.2) is 0 Å². The van der Waals surface area contributed by atoms with Crippen molar-refractivity contribution in [3.8, 4) is 5.75 Å². The third-order valence-electron chi connectivity index (χ3n) is 3.59. The van der Waals surface area contributed by atoms with E-state index < -0.39 is 0 Å². The van der Waals surface area contributed by atoms with Gasteiger partial charge in [-0.05, 0) is 50.3 Å². The third-order valence-corrected chi connectivity index (χ3v) is 3.89. The molecular formula is C14H20ClNO2. The molecular weight excluding hydrogens is 250 g/mol. The number of benzene rings is 1. The first kappa shape index (κ1) is 13.7. The highest BCUT2D eigenvalue weighted by atomic mass is 35.5. The van der Waals surface area contributed by atoms with Crippen molar-refractivity contribution in [3.05, 3.63) is 28.8 Å². The summed E-state index contributed by atoms with van der Waals surface area (Å²) in [7, 11) is 1.63. The molecule has 0 aliphatic heterocycles. The summed E-state index contributed by atoms with van der Waals surface area (Å²) in [6.45, 7) is 1.92. The fourth-order valence-corrected chi connectivity index (χ4v) is 2.51. The Morgan fingerprint density at radius 2 is 2.06 bits per heavy atom. The Morgan fingerprint density at radius 3 is 2.61 bits per heavy atom. The van der Waals surface area contributed by atoms with E-state index in [1.807, 2.05) is 25.1 Å². The minimum Gasteiger partial charge on any atom is -0.489 e. The van der Waals surface area contributed by atoms with Crippen LogP contribution in [0.3, 0.4) is 0 Å². The topological polar surface area (TPSA) is 32.7 Å². The van der Waals surface area contributed by atoms with Gasteiger partial charge in [-0.2, -0.15) is 5.06 Å². The van der Waals surface area contributed by atoms with E-state index >= 15 is 0 Å². The largest absolute Gasteiger partial charge is 0.489 e. The van der Waals surface area contributed by atoms with Crippen molar-refractivity contribution in [2.45, 2.75) is 44.8 Å². The molecule has 4 heteroatoms. The van der Waals surface area contributed by atoms with E-state index in [-0.39, 0.29) is 6.04 Å². The fourth-order valence-electron chi connectivity index (χ4n) is 2.27. The molecule has 0 heterocycles. The van der Waals surface area contributed by atoms with Gasteiger partial charge in [-0.1, -0.05) is 17.7 Å². The van der Waals surface area contributed by atoms with Crippen molar-refractivity contribution in [2.24, 2.45) is 0 Å². The average Bonchev–Trinajstić information content (AvgIpc) is 2.83. The van der Waals surface area contributed by atoms with Gasteiger partial charge in [-0.3, -0.25) is 0 Å². The molecule has 0 saturated heterocycles. The number of halogens is 1. The first-order chi connectivity index (χ1) is 8.58. The quantitative estimate of drug-likeness (QED) is 0.837. The highest BCUT2D eigenvalue weighted by molar-refractivity contribution is 6.32. The molecule has 1 aliphatic carbocycles. The molecule has 1 unspecified atom stereocenters. The Labute approximate surface area is 113 Å². The standard InChI is InChI=1S/C14H20ClNO2/c1-10(16(2)17)11-7-8-14(13(15)9-11)18-12-5-3-4-6-12/h7-10,12,17H,3-6H2,1-2H3. The van der Waals surface area contributed by atoms with Crippen LogP contribution in [0, 0.1) is 0 Å². The zero-order valence-electron chi connectivity index (χ0n) is 10.9. The maximum absolute atomic E-state index is 9.42. The van der Waals surface area contributed by atoms with Crippen LogP contribution in [0.2, 0.25) is 5.02 Å². The molecule has 0 radical (unpaired) electrons. The second-order valence-corrected chi connectivity index (χ2v) is 5.37.